The van der Waals surface area contributed by atoms with E-state index in [9.17, 15) is 0 Å². The van der Waals surface area contributed by atoms with Gasteiger partial charge in [0.25, 0.3) is 0 Å². The van der Waals surface area contributed by atoms with Crippen molar-refractivity contribution in [1.29, 1.82) is 5.41 Å². The maximum Gasteiger partial charge on any atom is 0.122 e. The van der Waals surface area contributed by atoms with Crippen molar-refractivity contribution in [2.75, 3.05) is 6.61 Å². The van der Waals surface area contributed by atoms with Crippen molar-refractivity contribution in [2.45, 2.75) is 47.0 Å². The minimum Gasteiger partial charge on any atom is -0.493 e. The number of hydrogen-bond acceptors (Lipinski definition) is 2. The first-order valence-corrected chi connectivity index (χ1v) is 6.87. The molecule has 0 aliphatic carbocycles. The number of benzene rings is 1. The van der Waals surface area contributed by atoms with E-state index in [1.807, 2.05) is 13.8 Å². The highest BCUT2D eigenvalue weighted by Crippen LogP contribution is 2.23. The molecular formula is C16H26N2O. The highest BCUT2D eigenvalue weighted by atomic mass is 16.5. The second kappa shape index (κ2) is 6.60. The maximum atomic E-state index is 7.51. The lowest BCUT2D eigenvalue weighted by atomic mass is 9.86. The molecule has 0 amide bonds. The van der Waals surface area contributed by atoms with Crippen LogP contribution in [0, 0.1) is 24.7 Å². The average Bonchev–Trinajstić information content (AvgIpc) is 2.32. The number of unbranched alkanes of at least 4 members (excludes halogenated alkanes) is 1. The van der Waals surface area contributed by atoms with Crippen LogP contribution in [0.1, 0.15) is 44.2 Å². The van der Waals surface area contributed by atoms with Crippen molar-refractivity contribution in [3.05, 3.63) is 29.3 Å². The number of hydrogen-bond donors (Lipinski definition) is 2. The molecule has 1 aromatic carbocycles. The molecule has 19 heavy (non-hydrogen) atoms. The molecule has 106 valence electrons. The van der Waals surface area contributed by atoms with Gasteiger partial charge in [0.1, 0.15) is 5.75 Å². The zero-order valence-corrected chi connectivity index (χ0v) is 12.5. The predicted octanol–water partition coefficient (Wildman–Crippen LogP) is 3.81. The van der Waals surface area contributed by atoms with Gasteiger partial charge in [-0.3, -0.25) is 5.41 Å². The zero-order chi connectivity index (χ0) is 14.5. The highest BCUT2D eigenvalue weighted by molar-refractivity contribution is 5.82. The normalized spacial score (nSPS) is 11.4. The zero-order valence-electron chi connectivity index (χ0n) is 12.5. The molecule has 0 saturated heterocycles. The second-order valence-electron chi connectivity index (χ2n) is 5.87. The van der Waals surface area contributed by atoms with E-state index in [0.29, 0.717) is 0 Å². The molecule has 0 aliphatic rings. The van der Waals surface area contributed by atoms with E-state index in [4.69, 9.17) is 15.9 Å². The summed E-state index contributed by atoms with van der Waals surface area (Å²) in [7, 11) is 0. The Morgan fingerprint density at radius 2 is 1.95 bits per heavy atom. The van der Waals surface area contributed by atoms with Gasteiger partial charge in [0.2, 0.25) is 0 Å². The Morgan fingerprint density at radius 3 is 2.58 bits per heavy atom. The van der Waals surface area contributed by atoms with Gasteiger partial charge in [0, 0.05) is 5.41 Å². The first-order chi connectivity index (χ1) is 8.83. The van der Waals surface area contributed by atoms with Crippen LogP contribution in [0.25, 0.3) is 0 Å². The van der Waals surface area contributed by atoms with Gasteiger partial charge in [-0.15, -0.1) is 0 Å². The van der Waals surface area contributed by atoms with Gasteiger partial charge in [-0.2, -0.15) is 0 Å². The smallest absolute Gasteiger partial charge is 0.122 e. The van der Waals surface area contributed by atoms with E-state index in [1.54, 1.807) is 0 Å². The summed E-state index contributed by atoms with van der Waals surface area (Å²) >= 11 is 0. The first kappa shape index (κ1) is 15.5. The van der Waals surface area contributed by atoms with E-state index in [1.165, 1.54) is 11.1 Å². The molecular weight excluding hydrogens is 236 g/mol. The number of aryl methyl sites for hydroxylation is 2. The number of amidine groups is 1. The standard InChI is InChI=1S/C16H26N2O/c1-12-7-8-13(2)14(11-12)19-10-6-5-9-16(3,4)15(17)18/h7-8,11H,5-6,9-10H2,1-4H3,(H3,17,18). The third kappa shape index (κ3) is 4.93. The highest BCUT2D eigenvalue weighted by Gasteiger charge is 2.20. The largest absolute Gasteiger partial charge is 0.493 e. The van der Waals surface area contributed by atoms with E-state index in [0.717, 1.165) is 31.6 Å². The summed E-state index contributed by atoms with van der Waals surface area (Å²) in [6.07, 6.45) is 2.94. The average molecular weight is 262 g/mol. The van der Waals surface area contributed by atoms with Gasteiger partial charge < -0.3 is 10.5 Å². The fourth-order valence-corrected chi connectivity index (χ4v) is 1.85. The molecule has 0 atom stereocenters. The van der Waals surface area contributed by atoms with Gasteiger partial charge >= 0.3 is 0 Å². The summed E-state index contributed by atoms with van der Waals surface area (Å²) in [5.74, 6) is 1.24. The van der Waals surface area contributed by atoms with Crippen LogP contribution < -0.4 is 10.5 Å². The molecule has 1 aromatic rings. The van der Waals surface area contributed by atoms with Crippen LogP contribution in [0.2, 0.25) is 0 Å². The van der Waals surface area contributed by atoms with Gasteiger partial charge in [-0.25, -0.2) is 0 Å². The summed E-state index contributed by atoms with van der Waals surface area (Å²) in [5, 5.41) is 7.51. The Hall–Kier alpha value is -1.51. The molecule has 0 heterocycles. The topological polar surface area (TPSA) is 59.1 Å². The third-order valence-corrected chi connectivity index (χ3v) is 3.53. The molecule has 0 aliphatic heterocycles. The number of nitrogens with two attached hydrogens (primary N) is 1. The Kier molecular flexibility index (Phi) is 5.40. The Balaban J connectivity index is 2.32. The molecule has 1 rings (SSSR count). The van der Waals surface area contributed by atoms with Gasteiger partial charge in [-0.05, 0) is 50.3 Å². The summed E-state index contributed by atoms with van der Waals surface area (Å²) in [4.78, 5) is 0. The molecule has 3 nitrogen and oxygen atoms in total. The quantitative estimate of drug-likeness (QED) is 0.446. The molecule has 0 aromatic heterocycles. The first-order valence-electron chi connectivity index (χ1n) is 6.87. The van der Waals surface area contributed by atoms with E-state index < -0.39 is 0 Å². The van der Waals surface area contributed by atoms with Crippen LogP contribution in [0.3, 0.4) is 0 Å². The molecule has 0 saturated carbocycles. The number of nitrogens with one attached hydrogen (secondary N) is 1. The summed E-state index contributed by atoms with van der Waals surface area (Å²) in [6, 6.07) is 6.26. The second-order valence-corrected chi connectivity index (χ2v) is 5.87. The molecule has 0 spiro atoms. The lowest BCUT2D eigenvalue weighted by Gasteiger charge is -2.22. The minimum atomic E-state index is -0.195. The summed E-state index contributed by atoms with van der Waals surface area (Å²) < 4.78 is 5.81. The molecule has 0 radical (unpaired) electrons. The van der Waals surface area contributed by atoms with E-state index >= 15 is 0 Å². The molecule has 3 N–H and O–H groups in total. The fourth-order valence-electron chi connectivity index (χ4n) is 1.85. The minimum absolute atomic E-state index is 0.195. The number of ether oxygens (including phenoxy) is 1. The van der Waals surface area contributed by atoms with Gasteiger partial charge in [0.05, 0.1) is 12.4 Å². The van der Waals surface area contributed by atoms with Gasteiger partial charge in [-0.1, -0.05) is 26.0 Å². The Labute approximate surface area is 116 Å². The summed E-state index contributed by atoms with van der Waals surface area (Å²) in [5.41, 5.74) is 7.77. The van der Waals surface area contributed by atoms with Gasteiger partial charge in [0.15, 0.2) is 0 Å². The number of rotatable bonds is 7. The summed E-state index contributed by atoms with van der Waals surface area (Å²) in [6.45, 7) is 8.88. The molecule has 0 bridgehead atoms. The van der Waals surface area contributed by atoms with Crippen LogP contribution in [-0.4, -0.2) is 12.4 Å². The lowest BCUT2D eigenvalue weighted by Crippen LogP contribution is -2.30. The molecule has 0 fully saturated rings. The third-order valence-electron chi connectivity index (χ3n) is 3.53. The van der Waals surface area contributed by atoms with Crippen molar-refractivity contribution in [1.82, 2.24) is 0 Å². The van der Waals surface area contributed by atoms with Crippen molar-refractivity contribution in [3.8, 4) is 5.75 Å². The van der Waals surface area contributed by atoms with E-state index in [2.05, 4.69) is 32.0 Å². The van der Waals surface area contributed by atoms with Crippen LogP contribution in [-0.2, 0) is 0 Å². The van der Waals surface area contributed by atoms with Crippen molar-refractivity contribution >= 4 is 5.84 Å². The lowest BCUT2D eigenvalue weighted by molar-refractivity contribution is 0.294. The van der Waals surface area contributed by atoms with Crippen LogP contribution in [0.4, 0.5) is 0 Å². The van der Waals surface area contributed by atoms with Crippen LogP contribution in [0.15, 0.2) is 18.2 Å². The van der Waals surface area contributed by atoms with E-state index in [-0.39, 0.29) is 11.3 Å². The fraction of sp³-hybridized carbons (Fsp3) is 0.562. The monoisotopic (exact) mass is 262 g/mol. The predicted molar refractivity (Wildman–Crippen MR) is 81.0 cm³/mol. The molecule has 0 unspecified atom stereocenters. The van der Waals surface area contributed by atoms with Crippen LogP contribution >= 0.6 is 0 Å². The van der Waals surface area contributed by atoms with Crippen LogP contribution in [0.5, 0.6) is 5.75 Å². The van der Waals surface area contributed by atoms with Crippen molar-refractivity contribution < 1.29 is 4.74 Å². The van der Waals surface area contributed by atoms with Crippen molar-refractivity contribution in [2.24, 2.45) is 11.1 Å². The Bertz CT molecular complexity index is 438. The maximum absolute atomic E-state index is 7.51. The van der Waals surface area contributed by atoms with Crippen molar-refractivity contribution in [3.63, 3.8) is 0 Å². The SMILES string of the molecule is Cc1ccc(C)c(OCCCCC(C)(C)C(=N)N)c1. The Morgan fingerprint density at radius 1 is 1.26 bits per heavy atom. The molecule has 3 heteroatoms.